The number of nitrogens with one attached hydrogen (secondary N) is 1. The van der Waals surface area contributed by atoms with Gasteiger partial charge in [0.05, 0.1) is 0 Å². The minimum absolute atomic E-state index is 0. The van der Waals surface area contributed by atoms with Crippen molar-refractivity contribution in [3.05, 3.63) is 65.7 Å². The second kappa shape index (κ2) is 12.1. The number of likely N-dealkylation sites (tertiary alicyclic amines) is 2. The molecule has 172 valence electrons. The molecule has 0 radical (unpaired) electrons. The monoisotopic (exact) mass is 548 g/mol. The van der Waals surface area contributed by atoms with Crippen molar-refractivity contribution in [3.8, 4) is 5.75 Å². The second-order valence-corrected chi connectivity index (χ2v) is 8.21. The highest BCUT2D eigenvalue weighted by molar-refractivity contribution is 14.0. The highest BCUT2D eigenvalue weighted by atomic mass is 127. The Hall–Kier alpha value is -2.29. The van der Waals surface area contributed by atoms with Crippen molar-refractivity contribution >= 4 is 35.8 Å². The molecule has 0 aromatic heterocycles. The number of guanidine groups is 1. The minimum Gasteiger partial charge on any atom is -0.490 e. The Morgan fingerprint density at radius 1 is 1.03 bits per heavy atom. The van der Waals surface area contributed by atoms with E-state index in [0.717, 1.165) is 50.6 Å². The lowest BCUT2D eigenvalue weighted by atomic mass is 10.1. The van der Waals surface area contributed by atoms with Crippen LogP contribution in [-0.4, -0.2) is 54.5 Å². The number of nitrogens with zero attached hydrogens (tertiary/aromatic N) is 3. The van der Waals surface area contributed by atoms with Gasteiger partial charge in [-0.25, -0.2) is 0 Å². The number of halogens is 1. The average Bonchev–Trinajstić information content (AvgIpc) is 3.21. The number of amides is 1. The van der Waals surface area contributed by atoms with E-state index in [-0.39, 0.29) is 36.0 Å². The van der Waals surface area contributed by atoms with Gasteiger partial charge in [-0.2, -0.15) is 0 Å². The highest BCUT2D eigenvalue weighted by Crippen LogP contribution is 2.20. The molecule has 0 spiro atoms. The van der Waals surface area contributed by atoms with Gasteiger partial charge in [-0.1, -0.05) is 42.5 Å². The van der Waals surface area contributed by atoms with Gasteiger partial charge in [0.2, 0.25) is 5.91 Å². The van der Waals surface area contributed by atoms with Crippen molar-refractivity contribution in [2.24, 2.45) is 4.99 Å². The van der Waals surface area contributed by atoms with Crippen molar-refractivity contribution < 1.29 is 9.53 Å². The van der Waals surface area contributed by atoms with E-state index in [0.29, 0.717) is 19.5 Å². The van der Waals surface area contributed by atoms with Crippen LogP contribution in [0.25, 0.3) is 0 Å². The average molecular weight is 548 g/mol. The number of benzene rings is 2. The molecule has 0 atom stereocenters. The van der Waals surface area contributed by atoms with Crippen molar-refractivity contribution in [2.45, 2.75) is 44.9 Å². The lowest BCUT2D eigenvalue weighted by Gasteiger charge is -2.34. The number of para-hydroxylation sites is 1. The number of rotatable bonds is 6. The molecular formula is C25H33IN4O2. The van der Waals surface area contributed by atoms with Gasteiger partial charge in [-0.3, -0.25) is 9.79 Å². The zero-order valence-electron chi connectivity index (χ0n) is 18.7. The third kappa shape index (κ3) is 6.37. The van der Waals surface area contributed by atoms with Gasteiger partial charge < -0.3 is 19.9 Å². The fraction of sp³-hybridized carbons (Fsp3) is 0.440. The summed E-state index contributed by atoms with van der Waals surface area (Å²) in [5.74, 6) is 2.13. The fourth-order valence-corrected chi connectivity index (χ4v) is 4.34. The van der Waals surface area contributed by atoms with Crippen LogP contribution in [0.5, 0.6) is 5.75 Å². The maximum absolute atomic E-state index is 12.0. The molecule has 2 aromatic rings. The quantitative estimate of drug-likeness (QED) is 0.337. The molecule has 2 aliphatic heterocycles. The molecule has 2 heterocycles. The van der Waals surface area contributed by atoms with Gasteiger partial charge in [0.1, 0.15) is 11.9 Å². The topological polar surface area (TPSA) is 57.2 Å². The first-order chi connectivity index (χ1) is 15.2. The van der Waals surface area contributed by atoms with Crippen LogP contribution in [0.15, 0.2) is 59.6 Å². The molecule has 7 heteroatoms. The minimum atomic E-state index is 0. The summed E-state index contributed by atoms with van der Waals surface area (Å²) < 4.78 is 6.11. The van der Waals surface area contributed by atoms with Crippen LogP contribution < -0.4 is 10.1 Å². The Bertz CT molecular complexity index is 898. The number of aliphatic imine (C=N–C) groups is 1. The van der Waals surface area contributed by atoms with Crippen LogP contribution >= 0.6 is 24.0 Å². The molecule has 2 fully saturated rings. The summed E-state index contributed by atoms with van der Waals surface area (Å²) in [6, 6.07) is 18.4. The molecule has 0 bridgehead atoms. The maximum atomic E-state index is 12.0. The highest BCUT2D eigenvalue weighted by Gasteiger charge is 2.23. The largest absolute Gasteiger partial charge is 0.490 e. The number of hydrogen-bond donors (Lipinski definition) is 1. The van der Waals surface area contributed by atoms with E-state index < -0.39 is 0 Å². The van der Waals surface area contributed by atoms with Crippen LogP contribution in [-0.2, 0) is 17.9 Å². The van der Waals surface area contributed by atoms with E-state index in [9.17, 15) is 4.79 Å². The Kier molecular flexibility index (Phi) is 9.20. The van der Waals surface area contributed by atoms with Gasteiger partial charge in [-0.15, -0.1) is 24.0 Å². The molecule has 4 rings (SSSR count). The molecule has 6 nitrogen and oxygen atoms in total. The number of ether oxygens (including phenoxy) is 1. The lowest BCUT2D eigenvalue weighted by molar-refractivity contribution is -0.128. The van der Waals surface area contributed by atoms with Crippen LogP contribution in [0.3, 0.4) is 0 Å². The molecule has 1 N–H and O–H groups in total. The van der Waals surface area contributed by atoms with E-state index in [2.05, 4.69) is 33.4 Å². The molecule has 0 unspecified atom stereocenters. The summed E-state index contributed by atoms with van der Waals surface area (Å²) in [4.78, 5) is 20.8. The van der Waals surface area contributed by atoms with Crippen molar-refractivity contribution in [1.82, 2.24) is 15.1 Å². The van der Waals surface area contributed by atoms with Gasteiger partial charge in [-0.05, 0) is 29.7 Å². The molecule has 0 aliphatic carbocycles. The Balaban J connectivity index is 0.00000289. The summed E-state index contributed by atoms with van der Waals surface area (Å²) in [6.45, 7) is 4.09. The van der Waals surface area contributed by atoms with Crippen molar-refractivity contribution in [1.29, 1.82) is 0 Å². The first-order valence-corrected chi connectivity index (χ1v) is 11.2. The lowest BCUT2D eigenvalue weighted by Crippen LogP contribution is -2.47. The second-order valence-electron chi connectivity index (χ2n) is 8.21. The summed E-state index contributed by atoms with van der Waals surface area (Å²) in [7, 11) is 1.84. The third-order valence-corrected chi connectivity index (χ3v) is 6.09. The standard InChI is InChI=1S/C25H32N4O2.HI/c1-26-25(28-16-13-23(14-17-28)31-22-10-3-2-4-11-22)27-18-20-8-5-6-9-21(20)19-29-15-7-12-24(29)30;/h2-6,8-11,23H,7,12-19H2,1H3,(H,26,27);1H. The fourth-order valence-electron chi connectivity index (χ4n) is 4.34. The van der Waals surface area contributed by atoms with Crippen LogP contribution in [0.1, 0.15) is 36.8 Å². The van der Waals surface area contributed by atoms with Crippen LogP contribution in [0.2, 0.25) is 0 Å². The Morgan fingerprint density at radius 3 is 2.38 bits per heavy atom. The molecule has 1 amide bonds. The maximum Gasteiger partial charge on any atom is 0.222 e. The molecule has 2 saturated heterocycles. The normalized spacial score (nSPS) is 17.3. The number of piperidine rings is 1. The molecule has 2 aliphatic rings. The number of carbonyl (C=O) groups is 1. The van der Waals surface area contributed by atoms with E-state index in [1.807, 2.05) is 48.3 Å². The summed E-state index contributed by atoms with van der Waals surface area (Å²) in [5, 5.41) is 3.53. The van der Waals surface area contributed by atoms with Gasteiger partial charge in [0, 0.05) is 59.0 Å². The van der Waals surface area contributed by atoms with E-state index in [1.54, 1.807) is 0 Å². The zero-order valence-corrected chi connectivity index (χ0v) is 21.0. The summed E-state index contributed by atoms with van der Waals surface area (Å²) in [6.07, 6.45) is 3.84. The number of carbonyl (C=O) groups excluding carboxylic acids is 1. The van der Waals surface area contributed by atoms with Crippen LogP contribution in [0, 0.1) is 0 Å². The van der Waals surface area contributed by atoms with Gasteiger partial charge in [0.25, 0.3) is 0 Å². The smallest absolute Gasteiger partial charge is 0.222 e. The molecule has 0 saturated carbocycles. The van der Waals surface area contributed by atoms with E-state index in [4.69, 9.17) is 4.74 Å². The molecule has 32 heavy (non-hydrogen) atoms. The predicted octanol–water partition coefficient (Wildman–Crippen LogP) is 4.05. The first-order valence-electron chi connectivity index (χ1n) is 11.2. The zero-order chi connectivity index (χ0) is 21.5. The number of hydrogen-bond acceptors (Lipinski definition) is 3. The predicted molar refractivity (Wildman–Crippen MR) is 138 cm³/mol. The van der Waals surface area contributed by atoms with E-state index in [1.165, 1.54) is 11.1 Å². The summed E-state index contributed by atoms with van der Waals surface area (Å²) in [5.41, 5.74) is 2.42. The molecule has 2 aromatic carbocycles. The van der Waals surface area contributed by atoms with E-state index >= 15 is 0 Å². The summed E-state index contributed by atoms with van der Waals surface area (Å²) >= 11 is 0. The SMILES string of the molecule is CN=C(NCc1ccccc1CN1CCCC1=O)N1CCC(Oc2ccccc2)CC1.I. The van der Waals surface area contributed by atoms with Gasteiger partial charge >= 0.3 is 0 Å². The third-order valence-electron chi connectivity index (χ3n) is 6.09. The Morgan fingerprint density at radius 2 is 1.72 bits per heavy atom. The van der Waals surface area contributed by atoms with Gasteiger partial charge in [0.15, 0.2) is 5.96 Å². The first kappa shape index (κ1) is 24.4. The van der Waals surface area contributed by atoms with Crippen LogP contribution in [0.4, 0.5) is 0 Å². The van der Waals surface area contributed by atoms with Crippen molar-refractivity contribution in [3.63, 3.8) is 0 Å². The Labute approximate surface area is 208 Å². The van der Waals surface area contributed by atoms with Crippen molar-refractivity contribution in [2.75, 3.05) is 26.7 Å². The molecular weight excluding hydrogens is 515 g/mol.